The number of piperazine rings is 1. The van der Waals surface area contributed by atoms with Crippen molar-refractivity contribution in [2.75, 3.05) is 56.0 Å². The van der Waals surface area contributed by atoms with Crippen molar-refractivity contribution in [1.29, 1.82) is 0 Å². The molecule has 1 amide bonds. The van der Waals surface area contributed by atoms with Crippen LogP contribution in [0.25, 0.3) is 0 Å². The number of amides is 1. The Balaban J connectivity index is 2.00. The van der Waals surface area contributed by atoms with E-state index in [1.807, 2.05) is 52.0 Å². The molecule has 0 spiro atoms. The number of anilines is 2. The Hall–Kier alpha value is -2.42. The zero-order valence-corrected chi connectivity index (χ0v) is 21.2. The van der Waals surface area contributed by atoms with Gasteiger partial charge in [-0.3, -0.25) is 4.79 Å². The molecule has 0 aromatic heterocycles. The maximum Gasteiger partial charge on any atom is 0.255 e. The van der Waals surface area contributed by atoms with Gasteiger partial charge in [0.1, 0.15) is 0 Å². The molecule has 1 aliphatic heterocycles. The van der Waals surface area contributed by atoms with E-state index in [0.717, 1.165) is 49.5 Å². The van der Waals surface area contributed by atoms with Crippen LogP contribution in [0.15, 0.2) is 41.3 Å². The summed E-state index contributed by atoms with van der Waals surface area (Å²) in [5.74, 6) is -0.238. The van der Waals surface area contributed by atoms with Crippen molar-refractivity contribution in [3.8, 4) is 0 Å². The minimum absolute atomic E-state index is 0.193. The minimum Gasteiger partial charge on any atom is -0.367 e. The fraction of sp³-hybridized carbons (Fsp3) is 0.480. The predicted molar refractivity (Wildman–Crippen MR) is 135 cm³/mol. The number of nitrogens with zero attached hydrogens (tertiary/aromatic N) is 3. The summed E-state index contributed by atoms with van der Waals surface area (Å²) in [6, 6.07) is 10.8. The number of benzene rings is 2. The molecule has 1 saturated heterocycles. The Morgan fingerprint density at radius 2 is 1.64 bits per heavy atom. The van der Waals surface area contributed by atoms with Crippen molar-refractivity contribution in [3.63, 3.8) is 0 Å². The van der Waals surface area contributed by atoms with Gasteiger partial charge in [-0.15, -0.1) is 0 Å². The van der Waals surface area contributed by atoms with Gasteiger partial charge in [-0.1, -0.05) is 38.5 Å². The van der Waals surface area contributed by atoms with Crippen molar-refractivity contribution in [2.45, 2.75) is 39.5 Å². The average Bonchev–Trinajstić information content (AvgIpc) is 2.79. The molecule has 1 heterocycles. The molecule has 0 atom stereocenters. The molecular formula is C25H36N4O3S. The second kappa shape index (κ2) is 10.7. The Kier molecular flexibility index (Phi) is 8.15. The Morgan fingerprint density at radius 3 is 2.21 bits per heavy atom. The summed E-state index contributed by atoms with van der Waals surface area (Å²) < 4.78 is 27.7. The first-order valence-electron chi connectivity index (χ1n) is 11.7. The summed E-state index contributed by atoms with van der Waals surface area (Å²) >= 11 is 0. The molecule has 2 aromatic rings. The first-order chi connectivity index (χ1) is 15.7. The number of rotatable bonds is 8. The second-order valence-corrected chi connectivity index (χ2v) is 10.4. The zero-order chi connectivity index (χ0) is 24.2. The third-order valence-electron chi connectivity index (χ3n) is 6.35. The van der Waals surface area contributed by atoms with Gasteiger partial charge >= 0.3 is 0 Å². The SMILES string of the molecule is CCN1CCN(c2ccc(S(=O)(=O)N(CC)CC)cc2NC(=O)c2ccc(C)cc2C)CC1. The van der Waals surface area contributed by atoms with Gasteiger partial charge in [0.2, 0.25) is 10.0 Å². The van der Waals surface area contributed by atoms with E-state index in [2.05, 4.69) is 22.0 Å². The van der Waals surface area contributed by atoms with Gasteiger partial charge in [0.05, 0.1) is 16.3 Å². The van der Waals surface area contributed by atoms with Crippen molar-refractivity contribution in [3.05, 3.63) is 53.1 Å². The van der Waals surface area contributed by atoms with Crippen molar-refractivity contribution in [2.24, 2.45) is 0 Å². The van der Waals surface area contributed by atoms with Crippen LogP contribution in [0.3, 0.4) is 0 Å². The third-order valence-corrected chi connectivity index (χ3v) is 8.39. The van der Waals surface area contributed by atoms with Crippen molar-refractivity contribution >= 4 is 27.3 Å². The van der Waals surface area contributed by atoms with Crippen LogP contribution in [0, 0.1) is 13.8 Å². The number of sulfonamides is 1. The van der Waals surface area contributed by atoms with Crippen molar-refractivity contribution < 1.29 is 13.2 Å². The van der Waals surface area contributed by atoms with Crippen molar-refractivity contribution in [1.82, 2.24) is 9.21 Å². The number of hydrogen-bond donors (Lipinski definition) is 1. The molecule has 180 valence electrons. The molecule has 0 bridgehead atoms. The lowest BCUT2D eigenvalue weighted by molar-refractivity contribution is 0.102. The number of hydrogen-bond acceptors (Lipinski definition) is 5. The number of carbonyl (C=O) groups excluding carboxylic acids is 1. The summed E-state index contributed by atoms with van der Waals surface area (Å²) in [6.45, 7) is 15.0. The first-order valence-corrected chi connectivity index (χ1v) is 13.1. The monoisotopic (exact) mass is 472 g/mol. The van der Waals surface area contributed by atoms with Gasteiger partial charge in [-0.25, -0.2) is 8.42 Å². The average molecular weight is 473 g/mol. The predicted octanol–water partition coefficient (Wildman–Crippen LogP) is 3.73. The topological polar surface area (TPSA) is 73.0 Å². The highest BCUT2D eigenvalue weighted by Gasteiger charge is 2.25. The number of carbonyl (C=O) groups is 1. The molecule has 1 fully saturated rings. The highest BCUT2D eigenvalue weighted by atomic mass is 32.2. The molecule has 0 radical (unpaired) electrons. The van der Waals surface area contributed by atoms with E-state index in [0.29, 0.717) is 24.3 Å². The smallest absolute Gasteiger partial charge is 0.255 e. The molecule has 1 N–H and O–H groups in total. The third kappa shape index (κ3) is 5.57. The Labute approximate surface area is 198 Å². The molecule has 8 heteroatoms. The van der Waals surface area contributed by atoms with E-state index >= 15 is 0 Å². The largest absolute Gasteiger partial charge is 0.367 e. The quantitative estimate of drug-likeness (QED) is 0.634. The van der Waals surface area contributed by atoms with E-state index in [1.54, 1.807) is 12.1 Å². The zero-order valence-electron chi connectivity index (χ0n) is 20.4. The second-order valence-electron chi connectivity index (χ2n) is 8.46. The summed E-state index contributed by atoms with van der Waals surface area (Å²) in [5, 5.41) is 3.02. The van der Waals surface area contributed by atoms with Crippen LogP contribution in [0.2, 0.25) is 0 Å². The van der Waals surface area contributed by atoms with Crippen LogP contribution in [-0.4, -0.2) is 69.3 Å². The summed E-state index contributed by atoms with van der Waals surface area (Å²) in [4.78, 5) is 18.0. The highest BCUT2D eigenvalue weighted by Crippen LogP contribution is 2.31. The molecule has 0 saturated carbocycles. The van der Waals surface area contributed by atoms with E-state index < -0.39 is 10.0 Å². The molecule has 1 aliphatic rings. The lowest BCUT2D eigenvalue weighted by Gasteiger charge is -2.36. The van der Waals surface area contributed by atoms with Crippen LogP contribution in [0.4, 0.5) is 11.4 Å². The van der Waals surface area contributed by atoms with Gasteiger partial charge in [-0.2, -0.15) is 4.31 Å². The summed E-state index contributed by atoms with van der Waals surface area (Å²) in [5.41, 5.74) is 3.93. The van der Waals surface area contributed by atoms with E-state index in [-0.39, 0.29) is 10.8 Å². The molecule has 33 heavy (non-hydrogen) atoms. The van der Waals surface area contributed by atoms with E-state index in [1.165, 1.54) is 4.31 Å². The molecular weight excluding hydrogens is 436 g/mol. The normalized spacial score (nSPS) is 15.2. The van der Waals surface area contributed by atoms with Gasteiger partial charge in [0.15, 0.2) is 0 Å². The molecule has 2 aromatic carbocycles. The summed E-state index contributed by atoms with van der Waals surface area (Å²) in [6.07, 6.45) is 0. The number of likely N-dealkylation sites (N-methyl/N-ethyl adjacent to an activating group) is 1. The minimum atomic E-state index is -3.64. The first kappa shape index (κ1) is 25.2. The highest BCUT2D eigenvalue weighted by molar-refractivity contribution is 7.89. The fourth-order valence-electron chi connectivity index (χ4n) is 4.33. The van der Waals surface area contributed by atoms with Crippen LogP contribution in [-0.2, 0) is 10.0 Å². The lowest BCUT2D eigenvalue weighted by Crippen LogP contribution is -2.46. The van der Waals surface area contributed by atoms with Crippen LogP contribution >= 0.6 is 0 Å². The van der Waals surface area contributed by atoms with Gasteiger partial charge in [-0.05, 0) is 50.2 Å². The molecule has 0 unspecified atom stereocenters. The molecule has 3 rings (SSSR count). The standard InChI is InChI=1S/C25H36N4O3S/c1-6-27-13-15-28(16-14-27)24-12-10-21(33(31,32)29(7-2)8-3)18-23(24)26-25(30)22-11-9-19(4)17-20(22)5/h9-12,17-18H,6-8,13-16H2,1-5H3,(H,26,30). The maximum atomic E-state index is 13.2. The lowest BCUT2D eigenvalue weighted by atomic mass is 10.0. The maximum absolute atomic E-state index is 13.2. The number of nitrogens with one attached hydrogen (secondary N) is 1. The van der Waals surface area contributed by atoms with Crippen LogP contribution < -0.4 is 10.2 Å². The van der Waals surface area contributed by atoms with Gasteiger partial charge in [0.25, 0.3) is 5.91 Å². The van der Waals surface area contributed by atoms with E-state index in [9.17, 15) is 13.2 Å². The number of aryl methyl sites for hydroxylation is 2. The van der Waals surface area contributed by atoms with Crippen LogP contribution in [0.5, 0.6) is 0 Å². The van der Waals surface area contributed by atoms with Gasteiger partial charge in [0, 0.05) is 44.8 Å². The summed E-state index contributed by atoms with van der Waals surface area (Å²) in [7, 11) is -3.64. The molecule has 7 nitrogen and oxygen atoms in total. The van der Waals surface area contributed by atoms with Gasteiger partial charge < -0.3 is 15.1 Å². The molecule has 0 aliphatic carbocycles. The fourth-order valence-corrected chi connectivity index (χ4v) is 5.81. The Morgan fingerprint density at radius 1 is 0.970 bits per heavy atom. The van der Waals surface area contributed by atoms with E-state index in [4.69, 9.17) is 0 Å². The Bertz CT molecular complexity index is 1090. The van der Waals surface area contributed by atoms with Crippen LogP contribution in [0.1, 0.15) is 42.3 Å².